The van der Waals surface area contributed by atoms with Crippen LogP contribution in [0.3, 0.4) is 0 Å². The van der Waals surface area contributed by atoms with Crippen LogP contribution in [0, 0.1) is 0 Å². The molecule has 2 aliphatic rings. The quantitative estimate of drug-likeness (QED) is 0.727. The van der Waals surface area contributed by atoms with E-state index in [9.17, 15) is 0 Å². The van der Waals surface area contributed by atoms with Gasteiger partial charge in [-0.25, -0.2) is 0 Å². The zero-order chi connectivity index (χ0) is 9.97. The van der Waals surface area contributed by atoms with Crippen molar-refractivity contribution in [3.63, 3.8) is 0 Å². The lowest BCUT2D eigenvalue weighted by Gasteiger charge is -2.33. The standard InChI is InChI=1S/C11H21NO2/c1-3-9-6-12-7-11(14-9)10-5-4-8(2)13-10/h8-12H,3-7H2,1-2H3. The second-order valence-corrected chi connectivity index (χ2v) is 4.43. The summed E-state index contributed by atoms with van der Waals surface area (Å²) in [6, 6.07) is 0. The van der Waals surface area contributed by atoms with E-state index in [0.717, 1.165) is 25.9 Å². The number of ether oxygens (including phenoxy) is 2. The molecule has 0 spiro atoms. The monoisotopic (exact) mass is 199 g/mol. The minimum absolute atomic E-state index is 0.277. The van der Waals surface area contributed by atoms with Gasteiger partial charge in [0.05, 0.1) is 24.4 Å². The van der Waals surface area contributed by atoms with Crippen molar-refractivity contribution in [2.45, 2.75) is 57.5 Å². The fraction of sp³-hybridized carbons (Fsp3) is 1.00. The number of nitrogens with one attached hydrogen (secondary N) is 1. The number of hydrogen-bond acceptors (Lipinski definition) is 3. The van der Waals surface area contributed by atoms with E-state index in [2.05, 4.69) is 19.2 Å². The zero-order valence-corrected chi connectivity index (χ0v) is 9.16. The zero-order valence-electron chi connectivity index (χ0n) is 9.16. The third-order valence-electron chi connectivity index (χ3n) is 3.22. The Kier molecular flexibility index (Phi) is 3.42. The molecule has 1 N–H and O–H groups in total. The van der Waals surface area contributed by atoms with Crippen molar-refractivity contribution in [2.24, 2.45) is 0 Å². The van der Waals surface area contributed by atoms with Gasteiger partial charge in [0.15, 0.2) is 0 Å². The molecule has 0 bridgehead atoms. The average Bonchev–Trinajstić information content (AvgIpc) is 2.65. The first-order valence-corrected chi connectivity index (χ1v) is 5.81. The predicted octanol–water partition coefficient (Wildman–Crippen LogP) is 1.32. The molecule has 0 saturated carbocycles. The van der Waals surface area contributed by atoms with Gasteiger partial charge in [-0.2, -0.15) is 0 Å². The number of rotatable bonds is 2. The highest BCUT2D eigenvalue weighted by Crippen LogP contribution is 2.25. The van der Waals surface area contributed by atoms with E-state index in [1.54, 1.807) is 0 Å². The molecule has 0 amide bonds. The Bertz CT molecular complexity index is 186. The second kappa shape index (κ2) is 4.60. The van der Waals surface area contributed by atoms with Gasteiger partial charge in [-0.15, -0.1) is 0 Å². The van der Waals surface area contributed by atoms with Crippen LogP contribution in [0.1, 0.15) is 33.1 Å². The fourth-order valence-electron chi connectivity index (χ4n) is 2.30. The molecule has 2 fully saturated rings. The Hall–Kier alpha value is -0.120. The largest absolute Gasteiger partial charge is 0.373 e. The van der Waals surface area contributed by atoms with Gasteiger partial charge >= 0.3 is 0 Å². The topological polar surface area (TPSA) is 30.5 Å². The van der Waals surface area contributed by atoms with Crippen LogP contribution in [0.5, 0.6) is 0 Å². The van der Waals surface area contributed by atoms with Crippen LogP contribution in [0.2, 0.25) is 0 Å². The van der Waals surface area contributed by atoms with E-state index in [0.29, 0.717) is 18.3 Å². The Morgan fingerprint density at radius 3 is 2.64 bits per heavy atom. The third-order valence-corrected chi connectivity index (χ3v) is 3.22. The van der Waals surface area contributed by atoms with Crippen molar-refractivity contribution in [3.8, 4) is 0 Å². The third kappa shape index (κ3) is 2.27. The molecular formula is C11H21NO2. The molecule has 14 heavy (non-hydrogen) atoms. The fourth-order valence-corrected chi connectivity index (χ4v) is 2.30. The molecule has 82 valence electrons. The van der Waals surface area contributed by atoms with Gasteiger partial charge < -0.3 is 14.8 Å². The first-order chi connectivity index (χ1) is 6.79. The Morgan fingerprint density at radius 2 is 2.00 bits per heavy atom. The maximum Gasteiger partial charge on any atom is 0.0965 e. The van der Waals surface area contributed by atoms with E-state index in [1.165, 1.54) is 6.42 Å². The van der Waals surface area contributed by atoms with Crippen molar-refractivity contribution in [1.82, 2.24) is 5.32 Å². The molecule has 3 nitrogen and oxygen atoms in total. The molecule has 0 aromatic carbocycles. The lowest BCUT2D eigenvalue weighted by atomic mass is 10.1. The van der Waals surface area contributed by atoms with Crippen LogP contribution in [-0.4, -0.2) is 37.5 Å². The molecule has 0 aromatic heterocycles. The average molecular weight is 199 g/mol. The molecule has 2 saturated heterocycles. The highest BCUT2D eigenvalue weighted by molar-refractivity contribution is 4.84. The van der Waals surface area contributed by atoms with Crippen molar-refractivity contribution < 1.29 is 9.47 Å². The molecule has 0 radical (unpaired) electrons. The van der Waals surface area contributed by atoms with Crippen molar-refractivity contribution >= 4 is 0 Å². The molecular weight excluding hydrogens is 178 g/mol. The Morgan fingerprint density at radius 1 is 1.14 bits per heavy atom. The molecule has 2 aliphatic heterocycles. The van der Waals surface area contributed by atoms with Crippen LogP contribution >= 0.6 is 0 Å². The normalized spacial score (nSPS) is 44.1. The summed E-state index contributed by atoms with van der Waals surface area (Å²) in [4.78, 5) is 0. The van der Waals surface area contributed by atoms with Crippen LogP contribution in [0.25, 0.3) is 0 Å². The highest BCUT2D eigenvalue weighted by Gasteiger charge is 2.33. The summed E-state index contributed by atoms with van der Waals surface area (Å²) < 4.78 is 11.8. The maximum atomic E-state index is 5.98. The summed E-state index contributed by atoms with van der Waals surface area (Å²) in [7, 11) is 0. The molecule has 3 heteroatoms. The van der Waals surface area contributed by atoms with Crippen LogP contribution in [0.4, 0.5) is 0 Å². The van der Waals surface area contributed by atoms with Gasteiger partial charge in [-0.1, -0.05) is 6.92 Å². The van der Waals surface area contributed by atoms with E-state index in [4.69, 9.17) is 9.47 Å². The lowest BCUT2D eigenvalue weighted by molar-refractivity contribution is -0.110. The summed E-state index contributed by atoms with van der Waals surface area (Å²) in [5, 5.41) is 3.42. The van der Waals surface area contributed by atoms with E-state index in [1.807, 2.05) is 0 Å². The predicted molar refractivity (Wildman–Crippen MR) is 55.4 cm³/mol. The first-order valence-electron chi connectivity index (χ1n) is 5.81. The van der Waals surface area contributed by atoms with Crippen LogP contribution in [0.15, 0.2) is 0 Å². The SMILES string of the molecule is CCC1CNCC(C2CCC(C)O2)O1. The molecule has 0 aliphatic carbocycles. The lowest BCUT2D eigenvalue weighted by Crippen LogP contribution is -2.49. The van der Waals surface area contributed by atoms with Gasteiger partial charge in [-0.05, 0) is 26.2 Å². The first kappa shape index (κ1) is 10.4. The van der Waals surface area contributed by atoms with Gasteiger partial charge in [-0.3, -0.25) is 0 Å². The Balaban J connectivity index is 1.84. The Labute approximate surface area is 86.2 Å². The number of hydrogen-bond donors (Lipinski definition) is 1. The van der Waals surface area contributed by atoms with Crippen molar-refractivity contribution in [1.29, 1.82) is 0 Å². The van der Waals surface area contributed by atoms with Gasteiger partial charge in [0.1, 0.15) is 0 Å². The van der Waals surface area contributed by atoms with Crippen LogP contribution < -0.4 is 5.32 Å². The van der Waals surface area contributed by atoms with Crippen molar-refractivity contribution in [2.75, 3.05) is 13.1 Å². The summed E-state index contributed by atoms with van der Waals surface area (Å²) in [5.41, 5.74) is 0. The summed E-state index contributed by atoms with van der Waals surface area (Å²) in [5.74, 6) is 0. The molecule has 4 atom stereocenters. The number of morpholine rings is 1. The van der Waals surface area contributed by atoms with Gasteiger partial charge in [0, 0.05) is 13.1 Å². The second-order valence-electron chi connectivity index (χ2n) is 4.43. The van der Waals surface area contributed by atoms with E-state index >= 15 is 0 Å². The molecule has 2 heterocycles. The highest BCUT2D eigenvalue weighted by atomic mass is 16.6. The summed E-state index contributed by atoms with van der Waals surface area (Å²) in [6.45, 7) is 6.27. The van der Waals surface area contributed by atoms with Gasteiger partial charge in [0.2, 0.25) is 0 Å². The minimum Gasteiger partial charge on any atom is -0.373 e. The van der Waals surface area contributed by atoms with E-state index < -0.39 is 0 Å². The minimum atomic E-state index is 0.277. The molecule has 2 rings (SSSR count). The van der Waals surface area contributed by atoms with Crippen molar-refractivity contribution in [3.05, 3.63) is 0 Å². The summed E-state index contributed by atoms with van der Waals surface area (Å²) >= 11 is 0. The summed E-state index contributed by atoms with van der Waals surface area (Å²) in [6.07, 6.45) is 4.83. The van der Waals surface area contributed by atoms with Crippen LogP contribution in [-0.2, 0) is 9.47 Å². The van der Waals surface area contributed by atoms with E-state index in [-0.39, 0.29) is 6.10 Å². The molecule has 0 aromatic rings. The maximum absolute atomic E-state index is 5.98. The smallest absolute Gasteiger partial charge is 0.0965 e. The molecule has 4 unspecified atom stereocenters. The van der Waals surface area contributed by atoms with Gasteiger partial charge in [0.25, 0.3) is 0 Å².